The molecule has 210 valence electrons. The van der Waals surface area contributed by atoms with Crippen LogP contribution in [0.15, 0.2) is 53.4 Å². The molecule has 8 nitrogen and oxygen atoms in total. The van der Waals surface area contributed by atoms with Gasteiger partial charge in [-0.2, -0.15) is 0 Å². The fourth-order valence-corrected chi connectivity index (χ4v) is 6.55. The number of piperazine rings is 1. The third-order valence-electron chi connectivity index (χ3n) is 8.06. The fourth-order valence-electron chi connectivity index (χ4n) is 5.79. The van der Waals surface area contributed by atoms with E-state index in [9.17, 15) is 13.2 Å². The molecule has 0 bridgehead atoms. The molecular weight excluding hydrogens is 522 g/mol. The van der Waals surface area contributed by atoms with Crippen molar-refractivity contribution in [1.82, 2.24) is 4.90 Å². The van der Waals surface area contributed by atoms with E-state index < -0.39 is 10.0 Å². The number of nitrogens with one attached hydrogen (secondary N) is 1. The molecule has 0 atom stereocenters. The van der Waals surface area contributed by atoms with Gasteiger partial charge >= 0.3 is 0 Å². The highest BCUT2D eigenvalue weighted by molar-refractivity contribution is 7.89. The molecule has 40 heavy (non-hydrogen) atoms. The van der Waals surface area contributed by atoms with E-state index >= 15 is 0 Å². The second kappa shape index (κ2) is 11.4. The van der Waals surface area contributed by atoms with Crippen molar-refractivity contribution in [3.63, 3.8) is 0 Å². The van der Waals surface area contributed by atoms with E-state index in [1.165, 1.54) is 17.3 Å². The summed E-state index contributed by atoms with van der Waals surface area (Å²) in [6.07, 6.45) is 2.02. The lowest BCUT2D eigenvalue weighted by Crippen LogP contribution is -2.49. The molecule has 0 aliphatic carbocycles. The molecule has 3 aromatic carbocycles. The number of nitrogens with zero attached hydrogens (tertiary/aromatic N) is 3. The second-order valence-corrected chi connectivity index (χ2v) is 12.4. The van der Waals surface area contributed by atoms with Crippen LogP contribution in [0.1, 0.15) is 39.9 Å². The Balaban J connectivity index is 1.24. The Labute approximate surface area is 237 Å². The van der Waals surface area contributed by atoms with Crippen LogP contribution in [-0.2, 0) is 10.0 Å². The van der Waals surface area contributed by atoms with Gasteiger partial charge in [0.2, 0.25) is 10.0 Å². The minimum Gasteiger partial charge on any atom is -0.382 e. The number of amides is 1. The summed E-state index contributed by atoms with van der Waals surface area (Å²) in [6, 6.07) is 21.3. The summed E-state index contributed by atoms with van der Waals surface area (Å²) in [7, 11) is -3.84. The lowest BCUT2D eigenvalue weighted by Gasteiger charge is -2.37. The average molecular weight is 560 g/mol. The van der Waals surface area contributed by atoms with E-state index in [2.05, 4.69) is 42.3 Å². The van der Waals surface area contributed by atoms with Crippen molar-refractivity contribution in [3.05, 3.63) is 82.9 Å². The molecule has 2 heterocycles. The van der Waals surface area contributed by atoms with Crippen molar-refractivity contribution in [3.8, 4) is 0 Å². The van der Waals surface area contributed by atoms with E-state index in [-0.39, 0.29) is 10.8 Å². The first-order valence-electron chi connectivity index (χ1n) is 13.8. The minimum absolute atomic E-state index is 0.00218. The minimum atomic E-state index is -3.84. The number of piperidine rings is 1. The molecule has 0 aromatic heterocycles. The smallest absolute Gasteiger partial charge is 0.254 e. The zero-order chi connectivity index (χ0) is 28.4. The number of carbonyl (C=O) groups is 1. The molecule has 3 N–H and O–H groups in total. The molecular formula is C31H37N5O3S. The number of hydrogen-bond acceptors (Lipinski definition) is 6. The molecule has 2 aliphatic heterocycles. The summed E-state index contributed by atoms with van der Waals surface area (Å²) >= 11 is 0. The van der Waals surface area contributed by atoms with E-state index in [0.717, 1.165) is 42.7 Å². The molecule has 9 heteroatoms. The number of primary sulfonamides is 1. The lowest BCUT2D eigenvalue weighted by molar-refractivity contribution is 0.0746. The van der Waals surface area contributed by atoms with Gasteiger partial charge in [0.25, 0.3) is 5.91 Å². The van der Waals surface area contributed by atoms with E-state index in [1.54, 1.807) is 18.2 Å². The predicted molar refractivity (Wildman–Crippen MR) is 160 cm³/mol. The summed E-state index contributed by atoms with van der Waals surface area (Å²) in [5.74, 6) is 0.00218. The van der Waals surface area contributed by atoms with Crippen LogP contribution >= 0.6 is 0 Å². The first-order valence-corrected chi connectivity index (χ1v) is 15.3. The third kappa shape index (κ3) is 5.88. The van der Waals surface area contributed by atoms with Crippen LogP contribution < -0.4 is 20.3 Å². The maximum atomic E-state index is 13.6. The summed E-state index contributed by atoms with van der Waals surface area (Å²) in [4.78, 5) is 20.0. The van der Waals surface area contributed by atoms with Gasteiger partial charge in [-0.15, -0.1) is 0 Å². The maximum absolute atomic E-state index is 13.6. The van der Waals surface area contributed by atoms with Crippen molar-refractivity contribution < 1.29 is 13.2 Å². The summed E-state index contributed by atoms with van der Waals surface area (Å²) in [5.41, 5.74) is 6.83. The first-order chi connectivity index (χ1) is 19.1. The zero-order valence-electron chi connectivity index (χ0n) is 23.4. The van der Waals surface area contributed by atoms with Crippen molar-refractivity contribution in [1.29, 1.82) is 0 Å². The fraction of sp³-hybridized carbons (Fsp3) is 0.387. The standard InChI is InChI=1S/C31H37N5O3S/c1-22-8-4-5-9-28(22)34-14-12-25(13-15-34)33-27-21-26(23(2)20-24(27)3)31(37)36-18-16-35(17-19-36)29-10-6-7-11-30(29)40(32,38)39/h6-11,20-21,25,33H,12-19H2,1-3H3,(H2,32,38,39). The summed E-state index contributed by atoms with van der Waals surface area (Å²) < 4.78 is 24.1. The molecule has 1 amide bonds. The van der Waals surface area contributed by atoms with E-state index in [0.29, 0.717) is 43.5 Å². The third-order valence-corrected chi connectivity index (χ3v) is 9.02. The van der Waals surface area contributed by atoms with Crippen LogP contribution in [-0.4, -0.2) is 64.5 Å². The van der Waals surface area contributed by atoms with Gasteiger partial charge in [0.1, 0.15) is 4.90 Å². The van der Waals surface area contributed by atoms with Gasteiger partial charge in [-0.25, -0.2) is 13.6 Å². The second-order valence-electron chi connectivity index (χ2n) is 10.8. The Morgan fingerprint density at radius 1 is 0.850 bits per heavy atom. The Kier molecular flexibility index (Phi) is 7.92. The van der Waals surface area contributed by atoms with Gasteiger partial charge in [-0.05, 0) is 74.6 Å². The van der Waals surface area contributed by atoms with Crippen LogP contribution in [0.5, 0.6) is 0 Å². The van der Waals surface area contributed by atoms with Crippen LogP contribution in [0.2, 0.25) is 0 Å². The van der Waals surface area contributed by atoms with Crippen LogP contribution in [0.4, 0.5) is 17.1 Å². The number of aryl methyl sites for hydroxylation is 3. The molecule has 2 fully saturated rings. The van der Waals surface area contributed by atoms with Gasteiger partial charge in [0, 0.05) is 68.3 Å². The highest BCUT2D eigenvalue weighted by Crippen LogP contribution is 2.29. The Hall–Kier alpha value is -3.74. The molecule has 3 aromatic rings. The molecule has 0 spiro atoms. The summed E-state index contributed by atoms with van der Waals surface area (Å²) in [5, 5.41) is 9.16. The van der Waals surface area contributed by atoms with Crippen molar-refractivity contribution in [2.75, 3.05) is 54.4 Å². The monoisotopic (exact) mass is 559 g/mol. The summed E-state index contributed by atoms with van der Waals surface area (Å²) in [6.45, 7) is 10.2. The van der Waals surface area contributed by atoms with Gasteiger partial charge in [0.05, 0.1) is 5.69 Å². The van der Waals surface area contributed by atoms with Gasteiger partial charge in [-0.3, -0.25) is 4.79 Å². The number of rotatable bonds is 6. The van der Waals surface area contributed by atoms with Crippen LogP contribution in [0.3, 0.4) is 0 Å². The highest BCUT2D eigenvalue weighted by atomic mass is 32.2. The van der Waals surface area contributed by atoms with Gasteiger partial charge in [0.15, 0.2) is 0 Å². The number of nitrogens with two attached hydrogens (primary N) is 1. The van der Waals surface area contributed by atoms with Gasteiger partial charge in [-0.1, -0.05) is 30.3 Å². The molecule has 0 saturated carbocycles. The van der Waals surface area contributed by atoms with Crippen LogP contribution in [0, 0.1) is 32.9 Å². The van der Waals surface area contributed by atoms with Crippen LogP contribution in [0.25, 0.3) is 0 Å². The number of carbonyl (C=O) groups excluding carboxylic acids is 1. The van der Waals surface area contributed by atoms with Crippen molar-refractivity contribution in [2.24, 2.45) is 5.14 Å². The number of benzene rings is 2. The normalized spacial score (nSPS) is 16.6. The molecule has 5 rings (SSSR count). The van der Waals surface area contributed by atoms with Crippen molar-refractivity contribution in [2.45, 2.75) is 44.6 Å². The topological polar surface area (TPSA) is 99.0 Å². The zero-order valence-corrected chi connectivity index (χ0v) is 24.2. The highest BCUT2D eigenvalue weighted by Gasteiger charge is 2.27. The van der Waals surface area contributed by atoms with E-state index in [4.69, 9.17) is 5.14 Å². The maximum Gasteiger partial charge on any atom is 0.254 e. The molecule has 0 radical (unpaired) electrons. The van der Waals surface area contributed by atoms with E-state index in [1.807, 2.05) is 34.9 Å². The number of hydrogen-bond donors (Lipinski definition) is 2. The Morgan fingerprint density at radius 2 is 1.50 bits per heavy atom. The first kappa shape index (κ1) is 27.8. The predicted octanol–water partition coefficient (Wildman–Crippen LogP) is 3.90. The lowest BCUT2D eigenvalue weighted by atomic mass is 9.99. The average Bonchev–Trinajstić information content (AvgIpc) is 2.94. The molecule has 2 saturated heterocycles. The van der Waals surface area contributed by atoms with Gasteiger partial charge < -0.3 is 20.0 Å². The Morgan fingerprint density at radius 3 is 2.17 bits per heavy atom. The quantitative estimate of drug-likeness (QED) is 0.475. The Bertz CT molecular complexity index is 1490. The largest absolute Gasteiger partial charge is 0.382 e. The molecule has 2 aliphatic rings. The molecule has 0 unspecified atom stereocenters. The van der Waals surface area contributed by atoms with Crippen molar-refractivity contribution >= 4 is 33.0 Å². The number of anilines is 3. The number of para-hydroxylation sites is 1. The SMILES string of the molecule is Cc1cc(C)c(C(=O)N2CCN(c3ccccc3S(N)(=O)=O)CC2)cc1NC1CCN(c2cc#ccc2C)CC1. The number of sulfonamides is 1.